The molecule has 3 nitrogen and oxygen atoms in total. The number of hydrogen-bond acceptors (Lipinski definition) is 2. The predicted molar refractivity (Wildman–Crippen MR) is 37.5 cm³/mol. The van der Waals surface area contributed by atoms with Crippen molar-refractivity contribution in [2.45, 2.75) is 0 Å². The molecule has 0 aliphatic carbocycles. The molecule has 0 aromatic carbocycles. The molecule has 10 heavy (non-hydrogen) atoms. The van der Waals surface area contributed by atoms with Gasteiger partial charge in [-0.15, -0.1) is 0 Å². The van der Waals surface area contributed by atoms with Crippen molar-refractivity contribution >= 4 is 17.9 Å². The topological polar surface area (TPSA) is 49.9 Å². The molecule has 52 valence electrons. The highest BCUT2D eigenvalue weighted by Crippen LogP contribution is 1.98. The third-order valence-corrected chi connectivity index (χ3v) is 1.25. The van der Waals surface area contributed by atoms with Crippen LogP contribution in [0.4, 0.5) is 0 Å². The quantitative estimate of drug-likeness (QED) is 0.485. The molecule has 0 unspecified atom stereocenters. The molecule has 1 aromatic heterocycles. The zero-order chi connectivity index (χ0) is 7.56. The predicted octanol–water partition coefficient (Wildman–Crippen LogP) is 0.841. The number of halogens is 1. The van der Waals surface area contributed by atoms with Gasteiger partial charge in [0.2, 0.25) is 0 Å². The van der Waals surface area contributed by atoms with E-state index in [1.807, 2.05) is 0 Å². The molecular weight excluding hydrogens is 154 g/mol. The maximum atomic E-state index is 10.7. The van der Waals surface area contributed by atoms with Gasteiger partial charge in [0, 0.05) is 0 Å². The largest absolute Gasteiger partial charge is 0.312 e. The Bertz CT molecular complexity index is 305. The van der Waals surface area contributed by atoms with Gasteiger partial charge in [0.25, 0.3) is 5.56 Å². The molecule has 0 bridgehead atoms. The first kappa shape index (κ1) is 7.02. The molecule has 0 radical (unpaired) electrons. The summed E-state index contributed by atoms with van der Waals surface area (Å²) in [4.78, 5) is 23.0. The van der Waals surface area contributed by atoms with Gasteiger partial charge < -0.3 is 4.98 Å². The lowest BCUT2D eigenvalue weighted by atomic mass is 10.3. The summed E-state index contributed by atoms with van der Waals surface area (Å²) in [6.45, 7) is 0. The Labute approximate surface area is 61.6 Å². The highest BCUT2D eigenvalue weighted by Gasteiger charge is 1.95. The molecule has 1 N–H and O–H groups in total. The maximum Gasteiger partial charge on any atom is 0.259 e. The number of aldehydes is 1. The van der Waals surface area contributed by atoms with Gasteiger partial charge in [0.15, 0.2) is 6.29 Å². The monoisotopic (exact) mass is 157 g/mol. The van der Waals surface area contributed by atoms with Gasteiger partial charge in [0.05, 0.1) is 5.56 Å². The lowest BCUT2D eigenvalue weighted by Gasteiger charge is -1.88. The third-order valence-electron chi connectivity index (χ3n) is 1.03. The van der Waals surface area contributed by atoms with Crippen molar-refractivity contribution in [3.63, 3.8) is 0 Å². The Morgan fingerprint density at radius 2 is 2.20 bits per heavy atom. The highest BCUT2D eigenvalue weighted by molar-refractivity contribution is 6.29. The van der Waals surface area contributed by atoms with Crippen LogP contribution < -0.4 is 5.56 Å². The van der Waals surface area contributed by atoms with E-state index in [0.29, 0.717) is 6.29 Å². The number of aromatic amines is 1. The Morgan fingerprint density at radius 1 is 1.50 bits per heavy atom. The molecular formula is C6H4ClNO2. The highest BCUT2D eigenvalue weighted by atomic mass is 35.5. The molecule has 0 amide bonds. The SMILES string of the molecule is O=Cc1ccc(Cl)[nH]c1=O. The van der Waals surface area contributed by atoms with Gasteiger partial charge in [-0.3, -0.25) is 9.59 Å². The number of carbonyl (C=O) groups is 1. The summed E-state index contributed by atoms with van der Waals surface area (Å²) in [6, 6.07) is 2.82. The minimum absolute atomic E-state index is 0.0874. The smallest absolute Gasteiger partial charge is 0.259 e. The molecule has 0 saturated heterocycles. The fourth-order valence-electron chi connectivity index (χ4n) is 0.554. The number of nitrogens with one attached hydrogen (secondary N) is 1. The van der Waals surface area contributed by atoms with E-state index in [4.69, 9.17) is 11.6 Å². The second-order valence-corrected chi connectivity index (χ2v) is 2.12. The van der Waals surface area contributed by atoms with Crippen molar-refractivity contribution in [2.75, 3.05) is 0 Å². The number of H-pyrrole nitrogens is 1. The van der Waals surface area contributed by atoms with Gasteiger partial charge in [-0.05, 0) is 12.1 Å². The van der Waals surface area contributed by atoms with E-state index in [0.717, 1.165) is 0 Å². The van der Waals surface area contributed by atoms with Crippen LogP contribution in [0, 0.1) is 0 Å². The Hall–Kier alpha value is -1.09. The van der Waals surface area contributed by atoms with E-state index in [1.54, 1.807) is 0 Å². The van der Waals surface area contributed by atoms with Crippen LogP contribution in [0.1, 0.15) is 10.4 Å². The Kier molecular flexibility index (Phi) is 1.87. The summed E-state index contributed by atoms with van der Waals surface area (Å²) in [5.74, 6) is 0. The fourth-order valence-corrected chi connectivity index (χ4v) is 0.703. The average molecular weight is 158 g/mol. The van der Waals surface area contributed by atoms with E-state index >= 15 is 0 Å². The van der Waals surface area contributed by atoms with Crippen molar-refractivity contribution in [3.8, 4) is 0 Å². The van der Waals surface area contributed by atoms with Crippen LogP contribution in [-0.4, -0.2) is 11.3 Å². The Morgan fingerprint density at radius 3 is 2.70 bits per heavy atom. The van der Waals surface area contributed by atoms with Gasteiger partial charge in [-0.25, -0.2) is 0 Å². The standard InChI is InChI=1S/C6H4ClNO2/c7-5-2-1-4(3-9)6(10)8-5/h1-3H,(H,8,10). The number of carbonyl (C=O) groups excluding carboxylic acids is 1. The minimum Gasteiger partial charge on any atom is -0.312 e. The first-order valence-electron chi connectivity index (χ1n) is 2.58. The second-order valence-electron chi connectivity index (χ2n) is 1.71. The molecule has 1 rings (SSSR count). The molecule has 0 spiro atoms. The van der Waals surface area contributed by atoms with Crippen LogP contribution in [0.25, 0.3) is 0 Å². The molecule has 0 aliphatic heterocycles. The van der Waals surface area contributed by atoms with Gasteiger partial charge in [0.1, 0.15) is 5.15 Å². The molecule has 0 aliphatic rings. The van der Waals surface area contributed by atoms with Crippen molar-refractivity contribution in [3.05, 3.63) is 33.2 Å². The van der Waals surface area contributed by atoms with E-state index < -0.39 is 5.56 Å². The molecule has 0 saturated carbocycles. The summed E-state index contributed by atoms with van der Waals surface area (Å²) in [7, 11) is 0. The fraction of sp³-hybridized carbons (Fsp3) is 0. The van der Waals surface area contributed by atoms with Crippen molar-refractivity contribution in [2.24, 2.45) is 0 Å². The van der Waals surface area contributed by atoms with Crippen LogP contribution in [0.2, 0.25) is 5.15 Å². The number of hydrogen-bond donors (Lipinski definition) is 1. The normalized spacial score (nSPS) is 9.30. The average Bonchev–Trinajstić information content (AvgIpc) is 1.88. The van der Waals surface area contributed by atoms with Crippen molar-refractivity contribution < 1.29 is 4.79 Å². The number of pyridine rings is 1. The van der Waals surface area contributed by atoms with Crippen molar-refractivity contribution in [1.82, 2.24) is 4.98 Å². The van der Waals surface area contributed by atoms with E-state index in [2.05, 4.69) is 4.98 Å². The summed E-state index contributed by atoms with van der Waals surface area (Å²) >= 11 is 5.40. The molecule has 1 aromatic rings. The van der Waals surface area contributed by atoms with Crippen LogP contribution in [0.5, 0.6) is 0 Å². The second kappa shape index (κ2) is 2.66. The van der Waals surface area contributed by atoms with Crippen molar-refractivity contribution in [1.29, 1.82) is 0 Å². The van der Waals surface area contributed by atoms with Crippen LogP contribution >= 0.6 is 11.6 Å². The van der Waals surface area contributed by atoms with E-state index in [9.17, 15) is 9.59 Å². The lowest BCUT2D eigenvalue weighted by Crippen LogP contribution is -2.10. The third kappa shape index (κ3) is 1.25. The minimum atomic E-state index is -0.456. The van der Waals surface area contributed by atoms with E-state index in [-0.39, 0.29) is 10.7 Å². The lowest BCUT2D eigenvalue weighted by molar-refractivity contribution is 0.112. The molecule has 4 heteroatoms. The molecule has 0 atom stereocenters. The summed E-state index contributed by atoms with van der Waals surface area (Å²) in [5.41, 5.74) is -0.369. The summed E-state index contributed by atoms with van der Waals surface area (Å²) in [5, 5.41) is 0.232. The zero-order valence-electron chi connectivity index (χ0n) is 4.93. The number of rotatable bonds is 1. The number of aromatic nitrogens is 1. The van der Waals surface area contributed by atoms with Gasteiger partial charge >= 0.3 is 0 Å². The van der Waals surface area contributed by atoms with Gasteiger partial charge in [-0.1, -0.05) is 11.6 Å². The first-order chi connectivity index (χ1) is 4.74. The maximum absolute atomic E-state index is 10.7. The van der Waals surface area contributed by atoms with Crippen LogP contribution in [-0.2, 0) is 0 Å². The Balaban J connectivity index is 3.33. The summed E-state index contributed by atoms with van der Waals surface area (Å²) < 4.78 is 0. The molecule has 1 heterocycles. The van der Waals surface area contributed by atoms with Crippen LogP contribution in [0.3, 0.4) is 0 Å². The zero-order valence-corrected chi connectivity index (χ0v) is 5.68. The van der Waals surface area contributed by atoms with Crippen LogP contribution in [0.15, 0.2) is 16.9 Å². The van der Waals surface area contributed by atoms with Gasteiger partial charge in [-0.2, -0.15) is 0 Å². The molecule has 0 fully saturated rings. The van der Waals surface area contributed by atoms with E-state index in [1.165, 1.54) is 12.1 Å². The summed E-state index contributed by atoms with van der Waals surface area (Å²) in [6.07, 6.45) is 0.481. The first-order valence-corrected chi connectivity index (χ1v) is 2.96.